The summed E-state index contributed by atoms with van der Waals surface area (Å²) in [5.74, 6) is -0.0130. The van der Waals surface area contributed by atoms with Crippen molar-refractivity contribution in [2.24, 2.45) is 10.9 Å². The van der Waals surface area contributed by atoms with Crippen LogP contribution in [-0.4, -0.2) is 21.0 Å². The standard InChI is InChI=1S/C11H7Cl3N4O2/c12-5-3-7(14)8(4-6(5)13)20-11-9(10(15)18-19)16-1-2-17-11/h1-4,19H,(H2,15,18). The van der Waals surface area contributed by atoms with E-state index in [1.807, 2.05) is 0 Å². The summed E-state index contributed by atoms with van der Waals surface area (Å²) >= 11 is 17.7. The lowest BCUT2D eigenvalue weighted by atomic mass is 10.3. The molecule has 0 aliphatic carbocycles. The van der Waals surface area contributed by atoms with Crippen molar-refractivity contribution < 1.29 is 9.94 Å². The second kappa shape index (κ2) is 6.13. The number of oxime groups is 1. The van der Waals surface area contributed by atoms with Crippen molar-refractivity contribution in [3.8, 4) is 11.6 Å². The molecule has 6 nitrogen and oxygen atoms in total. The van der Waals surface area contributed by atoms with Crippen molar-refractivity contribution in [1.29, 1.82) is 0 Å². The number of hydrogen-bond acceptors (Lipinski definition) is 5. The Kier molecular flexibility index (Phi) is 4.49. The van der Waals surface area contributed by atoms with Gasteiger partial charge < -0.3 is 15.7 Å². The summed E-state index contributed by atoms with van der Waals surface area (Å²) in [4.78, 5) is 7.85. The van der Waals surface area contributed by atoms with E-state index in [0.717, 1.165) is 0 Å². The van der Waals surface area contributed by atoms with Gasteiger partial charge in [0.25, 0.3) is 0 Å². The third-order valence-corrected chi connectivity index (χ3v) is 3.21. The highest BCUT2D eigenvalue weighted by Gasteiger charge is 2.15. The number of benzene rings is 1. The lowest BCUT2D eigenvalue weighted by Gasteiger charge is -2.10. The van der Waals surface area contributed by atoms with Crippen LogP contribution in [0.4, 0.5) is 0 Å². The topological polar surface area (TPSA) is 93.6 Å². The van der Waals surface area contributed by atoms with Crippen molar-refractivity contribution in [2.75, 3.05) is 0 Å². The molecule has 3 N–H and O–H groups in total. The Hall–Kier alpha value is -1.76. The molecule has 0 bridgehead atoms. The normalized spacial score (nSPS) is 11.4. The van der Waals surface area contributed by atoms with Crippen molar-refractivity contribution in [1.82, 2.24) is 9.97 Å². The van der Waals surface area contributed by atoms with Crippen LogP contribution in [0.3, 0.4) is 0 Å². The third kappa shape index (κ3) is 3.04. The third-order valence-electron chi connectivity index (χ3n) is 2.20. The summed E-state index contributed by atoms with van der Waals surface area (Å²) in [6.07, 6.45) is 2.76. The van der Waals surface area contributed by atoms with Crippen LogP contribution in [0, 0.1) is 0 Å². The molecule has 0 aliphatic rings. The first-order valence-electron chi connectivity index (χ1n) is 5.14. The van der Waals surface area contributed by atoms with Crippen LogP contribution in [0.1, 0.15) is 5.69 Å². The molecule has 0 atom stereocenters. The summed E-state index contributed by atoms with van der Waals surface area (Å²) in [6.45, 7) is 0. The van der Waals surface area contributed by atoms with Gasteiger partial charge in [-0.1, -0.05) is 40.0 Å². The van der Waals surface area contributed by atoms with E-state index in [4.69, 9.17) is 50.5 Å². The van der Waals surface area contributed by atoms with Gasteiger partial charge in [0.1, 0.15) is 5.75 Å². The minimum Gasteiger partial charge on any atom is -0.435 e. The van der Waals surface area contributed by atoms with Gasteiger partial charge in [0, 0.05) is 18.5 Å². The van der Waals surface area contributed by atoms with Gasteiger partial charge in [-0.2, -0.15) is 0 Å². The average molecular weight is 334 g/mol. The van der Waals surface area contributed by atoms with Gasteiger partial charge in [0.15, 0.2) is 11.5 Å². The highest BCUT2D eigenvalue weighted by Crippen LogP contribution is 2.36. The number of ether oxygens (including phenoxy) is 1. The molecule has 2 rings (SSSR count). The van der Waals surface area contributed by atoms with Gasteiger partial charge >= 0.3 is 0 Å². The van der Waals surface area contributed by atoms with Gasteiger partial charge in [0.05, 0.1) is 15.1 Å². The fraction of sp³-hybridized carbons (Fsp3) is 0. The summed E-state index contributed by atoms with van der Waals surface area (Å²) in [7, 11) is 0. The molecule has 9 heteroatoms. The number of nitrogens with zero attached hydrogens (tertiary/aromatic N) is 3. The van der Waals surface area contributed by atoms with E-state index in [-0.39, 0.29) is 33.2 Å². The maximum Gasteiger partial charge on any atom is 0.249 e. The number of halogens is 3. The molecule has 0 unspecified atom stereocenters. The van der Waals surface area contributed by atoms with E-state index in [0.29, 0.717) is 5.02 Å². The van der Waals surface area contributed by atoms with Crippen molar-refractivity contribution in [3.05, 3.63) is 45.3 Å². The van der Waals surface area contributed by atoms with E-state index in [2.05, 4.69) is 15.1 Å². The summed E-state index contributed by atoms with van der Waals surface area (Å²) < 4.78 is 5.48. The number of amidine groups is 1. The molecule has 0 amide bonds. The Morgan fingerprint density at radius 2 is 1.75 bits per heavy atom. The highest BCUT2D eigenvalue weighted by atomic mass is 35.5. The molecular formula is C11H7Cl3N4O2. The molecular weight excluding hydrogens is 327 g/mol. The Balaban J connectivity index is 2.43. The van der Waals surface area contributed by atoms with Gasteiger partial charge in [-0.05, 0) is 6.07 Å². The molecule has 1 aromatic heterocycles. The first-order valence-corrected chi connectivity index (χ1v) is 6.27. The van der Waals surface area contributed by atoms with E-state index >= 15 is 0 Å². The number of rotatable bonds is 3. The molecule has 0 saturated carbocycles. The SMILES string of the molecule is NC(=NO)c1nccnc1Oc1cc(Cl)c(Cl)cc1Cl. The van der Waals surface area contributed by atoms with Crippen LogP contribution < -0.4 is 10.5 Å². The fourth-order valence-electron chi connectivity index (χ4n) is 1.31. The fourth-order valence-corrected chi connectivity index (χ4v) is 1.89. The molecule has 0 radical (unpaired) electrons. The van der Waals surface area contributed by atoms with Crippen LogP contribution in [0.15, 0.2) is 29.7 Å². The Morgan fingerprint density at radius 3 is 2.45 bits per heavy atom. The average Bonchev–Trinajstić information content (AvgIpc) is 2.44. The first kappa shape index (κ1) is 14.6. The van der Waals surface area contributed by atoms with Crippen molar-refractivity contribution in [3.63, 3.8) is 0 Å². The zero-order chi connectivity index (χ0) is 14.7. The highest BCUT2D eigenvalue weighted by molar-refractivity contribution is 6.43. The number of nitrogens with two attached hydrogens (primary N) is 1. The Labute approximate surface area is 128 Å². The van der Waals surface area contributed by atoms with Crippen molar-refractivity contribution in [2.45, 2.75) is 0 Å². The molecule has 2 aromatic rings. The molecule has 20 heavy (non-hydrogen) atoms. The Morgan fingerprint density at radius 1 is 1.10 bits per heavy atom. The zero-order valence-corrected chi connectivity index (χ0v) is 12.0. The minimum absolute atomic E-state index is 0.0167. The maximum absolute atomic E-state index is 8.69. The predicted octanol–water partition coefficient (Wildman–Crippen LogP) is 3.32. The van der Waals surface area contributed by atoms with E-state index < -0.39 is 0 Å². The molecule has 104 valence electrons. The van der Waals surface area contributed by atoms with E-state index in [1.54, 1.807) is 0 Å². The van der Waals surface area contributed by atoms with Crippen LogP contribution in [0.5, 0.6) is 11.6 Å². The minimum atomic E-state index is -0.246. The van der Waals surface area contributed by atoms with Crippen LogP contribution in [0.25, 0.3) is 0 Å². The molecule has 0 spiro atoms. The first-order chi connectivity index (χ1) is 9.52. The van der Waals surface area contributed by atoms with Gasteiger partial charge in [0.2, 0.25) is 5.88 Å². The molecule has 1 aromatic carbocycles. The van der Waals surface area contributed by atoms with Crippen LogP contribution in [-0.2, 0) is 0 Å². The summed E-state index contributed by atoms with van der Waals surface area (Å²) in [6, 6.07) is 2.86. The van der Waals surface area contributed by atoms with Gasteiger partial charge in [-0.3, -0.25) is 0 Å². The molecule has 1 heterocycles. The number of hydrogen-bond donors (Lipinski definition) is 2. The maximum atomic E-state index is 8.69. The van der Waals surface area contributed by atoms with Gasteiger partial charge in [-0.15, -0.1) is 0 Å². The summed E-state index contributed by atoms with van der Waals surface area (Å²) in [5, 5.41) is 12.3. The second-order valence-corrected chi connectivity index (χ2v) is 4.72. The quantitative estimate of drug-likeness (QED) is 0.295. The number of aromatic nitrogens is 2. The smallest absolute Gasteiger partial charge is 0.249 e. The van der Waals surface area contributed by atoms with Crippen LogP contribution in [0.2, 0.25) is 15.1 Å². The zero-order valence-electron chi connectivity index (χ0n) is 9.72. The molecule has 0 saturated heterocycles. The predicted molar refractivity (Wildman–Crippen MR) is 76.1 cm³/mol. The van der Waals surface area contributed by atoms with E-state index in [1.165, 1.54) is 24.5 Å². The largest absolute Gasteiger partial charge is 0.435 e. The summed E-state index contributed by atoms with van der Waals surface area (Å²) in [5.41, 5.74) is 5.54. The second-order valence-electron chi connectivity index (χ2n) is 3.49. The van der Waals surface area contributed by atoms with Crippen LogP contribution >= 0.6 is 34.8 Å². The van der Waals surface area contributed by atoms with Crippen molar-refractivity contribution >= 4 is 40.6 Å². The molecule has 0 fully saturated rings. The molecule has 0 aliphatic heterocycles. The van der Waals surface area contributed by atoms with Gasteiger partial charge in [-0.25, -0.2) is 9.97 Å². The van der Waals surface area contributed by atoms with E-state index in [9.17, 15) is 0 Å². The lowest BCUT2D eigenvalue weighted by molar-refractivity contribution is 0.318. The monoisotopic (exact) mass is 332 g/mol. The Bertz CT molecular complexity index is 679. The lowest BCUT2D eigenvalue weighted by Crippen LogP contribution is -2.16.